The minimum Gasteiger partial charge on any atom is -0.348 e. The van der Waals surface area contributed by atoms with Gasteiger partial charge in [0.25, 0.3) is 0 Å². The summed E-state index contributed by atoms with van der Waals surface area (Å²) < 4.78 is 0. The fraction of sp³-hybridized carbons (Fsp3) is 0.533. The molecule has 2 heterocycles. The molecule has 0 radical (unpaired) electrons. The Morgan fingerprint density at radius 1 is 1.21 bits per heavy atom. The Labute approximate surface area is 125 Å². The predicted molar refractivity (Wildman–Crippen MR) is 85.5 cm³/mol. The van der Waals surface area contributed by atoms with E-state index in [0.29, 0.717) is 6.04 Å². The Kier molecular flexibility index (Phi) is 4.36. The number of nitrogens with one attached hydrogen (secondary N) is 1. The van der Waals surface area contributed by atoms with Crippen LogP contribution in [0.2, 0.25) is 0 Å². The number of hydrogen-bond donors (Lipinski definition) is 1. The Hall–Kier alpha value is -0.800. The molecule has 0 saturated carbocycles. The molecule has 0 spiro atoms. The van der Waals surface area contributed by atoms with Gasteiger partial charge in [0, 0.05) is 10.6 Å². The van der Waals surface area contributed by atoms with Crippen molar-refractivity contribution in [2.45, 2.75) is 52.5 Å². The molecule has 0 bridgehead atoms. The van der Waals surface area contributed by atoms with Crippen LogP contribution in [0.25, 0.3) is 0 Å². The molecular weight excluding hydrogens is 276 g/mol. The summed E-state index contributed by atoms with van der Waals surface area (Å²) in [6, 6.07) is 0.292. The molecule has 4 heteroatoms. The van der Waals surface area contributed by atoms with Crippen LogP contribution in [0.3, 0.4) is 0 Å². The quantitative estimate of drug-likeness (QED) is 0.799. The lowest BCUT2D eigenvalue weighted by Gasteiger charge is -2.30. The van der Waals surface area contributed by atoms with Gasteiger partial charge in [0.05, 0.1) is 5.84 Å². The average Bonchev–Trinajstić information content (AvgIpc) is 2.69. The first-order valence-electron chi connectivity index (χ1n) is 6.74. The smallest absolute Gasteiger partial charge is 0.109 e. The Morgan fingerprint density at radius 3 is 2.63 bits per heavy atom. The zero-order valence-electron chi connectivity index (χ0n) is 11.7. The number of hydrogen-bond acceptors (Lipinski definition) is 3. The molecule has 1 N–H and O–H groups in total. The van der Waals surface area contributed by atoms with Gasteiger partial charge < -0.3 is 5.32 Å². The van der Waals surface area contributed by atoms with Crippen LogP contribution in [0, 0.1) is 13.8 Å². The number of rotatable bonds is 1. The van der Waals surface area contributed by atoms with E-state index in [0.717, 1.165) is 5.84 Å². The van der Waals surface area contributed by atoms with Gasteiger partial charge in [0.2, 0.25) is 0 Å². The van der Waals surface area contributed by atoms with Crippen molar-refractivity contribution < 1.29 is 0 Å². The van der Waals surface area contributed by atoms with Gasteiger partial charge in [-0.25, -0.2) is 0 Å². The van der Waals surface area contributed by atoms with E-state index in [2.05, 4.69) is 31.5 Å². The highest BCUT2D eigenvalue weighted by Crippen LogP contribution is 2.41. The number of nitrogens with zero attached hydrogens (tertiary/aromatic N) is 1. The van der Waals surface area contributed by atoms with Gasteiger partial charge in [-0.1, -0.05) is 0 Å². The molecule has 2 aliphatic rings. The Balaban J connectivity index is 0.00000133. The van der Waals surface area contributed by atoms with E-state index in [1.165, 1.54) is 53.0 Å². The molecule has 0 saturated heterocycles. The van der Waals surface area contributed by atoms with Gasteiger partial charge in [-0.3, -0.25) is 4.99 Å². The largest absolute Gasteiger partial charge is 0.348 e. The third kappa shape index (κ3) is 2.59. The van der Waals surface area contributed by atoms with Crippen LogP contribution in [0.1, 0.15) is 54.7 Å². The highest BCUT2D eigenvalue weighted by atomic mass is 35.5. The van der Waals surface area contributed by atoms with Crippen LogP contribution in [0.15, 0.2) is 21.6 Å². The zero-order chi connectivity index (χ0) is 12.7. The first-order valence-corrected chi connectivity index (χ1v) is 7.62. The van der Waals surface area contributed by atoms with Crippen LogP contribution in [0.4, 0.5) is 0 Å². The standard InChI is InChI=1S/C15H20N2S.ClH/c1-9-8-18-15(10(9)2)14-12-6-4-5-7-13(12)16-11(3)17-14;/h8,14H,4-7H2,1-3H3,(H,16,17);1H. The molecule has 1 aromatic rings. The molecule has 1 aromatic heterocycles. The molecule has 0 amide bonds. The summed E-state index contributed by atoms with van der Waals surface area (Å²) in [7, 11) is 0. The maximum absolute atomic E-state index is 4.87. The molecule has 19 heavy (non-hydrogen) atoms. The van der Waals surface area contributed by atoms with Gasteiger partial charge in [0.15, 0.2) is 0 Å². The molecule has 1 unspecified atom stereocenters. The lowest BCUT2D eigenvalue weighted by Crippen LogP contribution is -2.29. The van der Waals surface area contributed by atoms with Crippen molar-refractivity contribution in [3.63, 3.8) is 0 Å². The second kappa shape index (κ2) is 5.68. The van der Waals surface area contributed by atoms with Gasteiger partial charge >= 0.3 is 0 Å². The van der Waals surface area contributed by atoms with E-state index < -0.39 is 0 Å². The maximum atomic E-state index is 4.87. The molecule has 104 valence electrons. The second-order valence-corrected chi connectivity index (χ2v) is 6.27. The zero-order valence-corrected chi connectivity index (χ0v) is 13.4. The van der Waals surface area contributed by atoms with E-state index in [9.17, 15) is 0 Å². The molecule has 0 fully saturated rings. The third-order valence-corrected chi connectivity index (χ3v) is 5.32. The highest BCUT2D eigenvalue weighted by Gasteiger charge is 2.28. The van der Waals surface area contributed by atoms with Crippen LogP contribution in [-0.2, 0) is 0 Å². The molecule has 1 atom stereocenters. The first-order chi connectivity index (χ1) is 8.66. The fourth-order valence-electron chi connectivity index (χ4n) is 2.90. The molecule has 1 aliphatic carbocycles. The number of allylic oxidation sites excluding steroid dienone is 1. The maximum Gasteiger partial charge on any atom is 0.109 e. The van der Waals surface area contributed by atoms with E-state index in [1.807, 2.05) is 11.3 Å². The molecule has 0 aromatic carbocycles. The van der Waals surface area contributed by atoms with Crippen molar-refractivity contribution in [1.29, 1.82) is 0 Å². The van der Waals surface area contributed by atoms with E-state index >= 15 is 0 Å². The van der Waals surface area contributed by atoms with Crippen molar-refractivity contribution in [1.82, 2.24) is 5.32 Å². The normalized spacial score (nSPS) is 22.3. The van der Waals surface area contributed by atoms with Gasteiger partial charge in [-0.2, -0.15) is 0 Å². The van der Waals surface area contributed by atoms with E-state index in [-0.39, 0.29) is 12.4 Å². The van der Waals surface area contributed by atoms with Crippen LogP contribution >= 0.6 is 23.7 Å². The second-order valence-electron chi connectivity index (χ2n) is 5.36. The van der Waals surface area contributed by atoms with Gasteiger partial charge in [-0.15, -0.1) is 23.7 Å². The number of thiophene rings is 1. The van der Waals surface area contributed by atoms with Crippen molar-refractivity contribution in [2.24, 2.45) is 4.99 Å². The summed E-state index contributed by atoms with van der Waals surface area (Å²) in [5.41, 5.74) is 5.82. The van der Waals surface area contributed by atoms with E-state index in [4.69, 9.17) is 4.99 Å². The predicted octanol–water partition coefficient (Wildman–Crippen LogP) is 4.68. The SMILES string of the molecule is CC1=NC(c2scc(C)c2C)C2=C(CCCC2)N1.Cl. The third-order valence-electron chi connectivity index (χ3n) is 4.07. The average molecular weight is 297 g/mol. The van der Waals surface area contributed by atoms with Gasteiger partial charge in [-0.05, 0) is 68.5 Å². The fourth-order valence-corrected chi connectivity index (χ4v) is 4.05. The van der Waals surface area contributed by atoms with Crippen LogP contribution in [-0.4, -0.2) is 5.84 Å². The topological polar surface area (TPSA) is 24.4 Å². The Morgan fingerprint density at radius 2 is 1.95 bits per heavy atom. The number of aliphatic imine (C=N–C) groups is 1. The van der Waals surface area contributed by atoms with Crippen molar-refractivity contribution >= 4 is 29.6 Å². The molecule has 2 nitrogen and oxygen atoms in total. The van der Waals surface area contributed by atoms with Crippen molar-refractivity contribution in [3.05, 3.63) is 32.7 Å². The lowest BCUT2D eigenvalue weighted by molar-refractivity contribution is 0.594. The van der Waals surface area contributed by atoms with Gasteiger partial charge in [0.1, 0.15) is 6.04 Å². The summed E-state index contributed by atoms with van der Waals surface area (Å²) in [4.78, 5) is 6.32. The summed E-state index contributed by atoms with van der Waals surface area (Å²) in [5.74, 6) is 1.08. The number of halogens is 1. The first kappa shape index (κ1) is 14.6. The van der Waals surface area contributed by atoms with Crippen LogP contribution in [0.5, 0.6) is 0 Å². The monoisotopic (exact) mass is 296 g/mol. The summed E-state index contributed by atoms with van der Waals surface area (Å²) in [6.07, 6.45) is 5.03. The minimum absolute atomic E-state index is 0. The molecule has 1 aliphatic heterocycles. The summed E-state index contributed by atoms with van der Waals surface area (Å²) in [5, 5.41) is 5.74. The van der Waals surface area contributed by atoms with E-state index in [1.54, 1.807) is 0 Å². The molecule has 3 rings (SSSR count). The summed E-state index contributed by atoms with van der Waals surface area (Å²) in [6.45, 7) is 6.52. The summed E-state index contributed by atoms with van der Waals surface area (Å²) >= 11 is 1.87. The minimum atomic E-state index is 0. The molecular formula is C15H21ClN2S. The lowest BCUT2D eigenvalue weighted by atomic mass is 9.88. The highest BCUT2D eigenvalue weighted by molar-refractivity contribution is 7.10. The number of amidine groups is 1. The van der Waals surface area contributed by atoms with Crippen LogP contribution < -0.4 is 5.32 Å². The van der Waals surface area contributed by atoms with Crippen molar-refractivity contribution in [2.75, 3.05) is 0 Å². The van der Waals surface area contributed by atoms with Crippen molar-refractivity contribution in [3.8, 4) is 0 Å². The number of aryl methyl sites for hydroxylation is 1. The Bertz CT molecular complexity index is 542.